The van der Waals surface area contributed by atoms with E-state index >= 15 is 0 Å². The van der Waals surface area contributed by atoms with E-state index in [-0.39, 0.29) is 24.4 Å². The first-order chi connectivity index (χ1) is 14.1. The van der Waals surface area contributed by atoms with E-state index in [2.05, 4.69) is 28.2 Å². The molecule has 2 N–H and O–H groups in total. The number of carbonyl (C=O) groups excluding carboxylic acids is 2. The number of likely N-dealkylation sites (N-methyl/N-ethyl adjacent to an activating group) is 1. The molecule has 2 aliphatic rings. The number of amides is 2. The lowest BCUT2D eigenvalue weighted by atomic mass is 9.86. The molecule has 2 atom stereocenters. The highest BCUT2D eigenvalue weighted by Gasteiger charge is 2.47. The number of aromatic amines is 2. The van der Waals surface area contributed by atoms with E-state index in [1.54, 1.807) is 16.8 Å². The Balaban J connectivity index is 1.65. The molecule has 0 spiro atoms. The van der Waals surface area contributed by atoms with Crippen LogP contribution in [0.2, 0.25) is 0 Å². The summed E-state index contributed by atoms with van der Waals surface area (Å²) in [5.74, 6) is -0.0120. The molecular formula is C23H20N4O2. The largest absolute Gasteiger partial charge is 0.361 e. The average Bonchev–Trinajstić information content (AvgIpc) is 3.32. The fourth-order valence-corrected chi connectivity index (χ4v) is 5.05. The van der Waals surface area contributed by atoms with Crippen molar-refractivity contribution in [2.24, 2.45) is 0 Å². The van der Waals surface area contributed by atoms with Crippen LogP contribution in [-0.2, 0) is 16.0 Å². The minimum absolute atomic E-state index is 0.00497. The van der Waals surface area contributed by atoms with Crippen LogP contribution in [0.1, 0.15) is 22.9 Å². The van der Waals surface area contributed by atoms with Gasteiger partial charge in [-0.3, -0.25) is 9.59 Å². The Bertz CT molecular complexity index is 1300. The maximum atomic E-state index is 13.2. The molecule has 4 heterocycles. The van der Waals surface area contributed by atoms with Gasteiger partial charge < -0.3 is 19.8 Å². The third-order valence-electron chi connectivity index (χ3n) is 6.37. The molecule has 6 nitrogen and oxygen atoms in total. The Morgan fingerprint density at radius 2 is 1.69 bits per heavy atom. The number of aromatic nitrogens is 2. The van der Waals surface area contributed by atoms with Gasteiger partial charge in [0.2, 0.25) is 11.8 Å². The Morgan fingerprint density at radius 1 is 0.966 bits per heavy atom. The molecule has 0 saturated carbocycles. The van der Waals surface area contributed by atoms with Gasteiger partial charge in [0.05, 0.1) is 6.54 Å². The smallest absolute Gasteiger partial charge is 0.245 e. The topological polar surface area (TPSA) is 72.2 Å². The highest BCUT2D eigenvalue weighted by Crippen LogP contribution is 2.44. The van der Waals surface area contributed by atoms with E-state index in [1.807, 2.05) is 36.5 Å². The van der Waals surface area contributed by atoms with Gasteiger partial charge in [0.15, 0.2) is 0 Å². The Labute approximate surface area is 167 Å². The molecule has 144 valence electrons. The monoisotopic (exact) mass is 384 g/mol. The first-order valence-electron chi connectivity index (χ1n) is 9.85. The van der Waals surface area contributed by atoms with Crippen molar-refractivity contribution in [2.75, 3.05) is 13.6 Å². The summed E-state index contributed by atoms with van der Waals surface area (Å²) in [4.78, 5) is 36.5. The van der Waals surface area contributed by atoms with Gasteiger partial charge in [0.1, 0.15) is 12.1 Å². The third-order valence-corrected chi connectivity index (χ3v) is 6.37. The van der Waals surface area contributed by atoms with Gasteiger partial charge in [-0.2, -0.15) is 0 Å². The van der Waals surface area contributed by atoms with E-state index < -0.39 is 6.04 Å². The van der Waals surface area contributed by atoms with Gasteiger partial charge >= 0.3 is 0 Å². The van der Waals surface area contributed by atoms with Gasteiger partial charge in [-0.15, -0.1) is 0 Å². The predicted molar refractivity (Wildman–Crippen MR) is 110 cm³/mol. The second-order valence-electron chi connectivity index (χ2n) is 7.97. The van der Waals surface area contributed by atoms with Crippen molar-refractivity contribution in [3.05, 3.63) is 71.5 Å². The van der Waals surface area contributed by atoms with Gasteiger partial charge in [0.25, 0.3) is 0 Å². The summed E-state index contributed by atoms with van der Waals surface area (Å²) in [6.45, 7) is 0.115. The number of hydrogen-bond donors (Lipinski definition) is 2. The maximum Gasteiger partial charge on any atom is 0.245 e. The fourth-order valence-electron chi connectivity index (χ4n) is 5.05. The molecule has 0 unspecified atom stereocenters. The normalized spacial score (nSPS) is 21.7. The van der Waals surface area contributed by atoms with Crippen LogP contribution < -0.4 is 0 Å². The lowest BCUT2D eigenvalue weighted by Crippen LogP contribution is -2.62. The van der Waals surface area contributed by atoms with E-state index in [0.29, 0.717) is 6.42 Å². The summed E-state index contributed by atoms with van der Waals surface area (Å²) in [5.41, 5.74) is 5.22. The summed E-state index contributed by atoms with van der Waals surface area (Å²) < 4.78 is 0. The number of benzene rings is 2. The molecule has 2 aromatic heterocycles. The molecular weight excluding hydrogens is 364 g/mol. The summed E-state index contributed by atoms with van der Waals surface area (Å²) >= 11 is 0. The van der Waals surface area contributed by atoms with Gasteiger partial charge in [0, 0.05) is 52.7 Å². The van der Waals surface area contributed by atoms with Crippen molar-refractivity contribution in [1.82, 2.24) is 19.8 Å². The van der Waals surface area contributed by atoms with Crippen LogP contribution in [0.3, 0.4) is 0 Å². The highest BCUT2D eigenvalue weighted by atomic mass is 16.2. The third kappa shape index (κ3) is 2.17. The fraction of sp³-hybridized carbons (Fsp3) is 0.217. The summed E-state index contributed by atoms with van der Waals surface area (Å²) in [6.07, 6.45) is 2.51. The second kappa shape index (κ2) is 5.73. The molecule has 0 aliphatic carbocycles. The first kappa shape index (κ1) is 16.4. The van der Waals surface area contributed by atoms with Crippen molar-refractivity contribution in [3.63, 3.8) is 0 Å². The zero-order chi connectivity index (χ0) is 19.7. The SMILES string of the molecule is CN1CC(=O)N2[C@H](c3c[nH]c4ccccc34)c3[nH]c4ccccc4c3C[C@@H]2C1=O. The van der Waals surface area contributed by atoms with E-state index in [4.69, 9.17) is 0 Å². The number of piperazine rings is 1. The minimum atomic E-state index is -0.480. The summed E-state index contributed by atoms with van der Waals surface area (Å²) in [5, 5.41) is 2.20. The Hall–Kier alpha value is -3.54. The zero-order valence-corrected chi connectivity index (χ0v) is 16.0. The second-order valence-corrected chi connectivity index (χ2v) is 7.97. The van der Waals surface area contributed by atoms with Crippen molar-refractivity contribution in [2.45, 2.75) is 18.5 Å². The van der Waals surface area contributed by atoms with Crippen molar-refractivity contribution in [1.29, 1.82) is 0 Å². The summed E-state index contributed by atoms with van der Waals surface area (Å²) in [7, 11) is 1.71. The van der Waals surface area contributed by atoms with Crippen LogP contribution in [-0.4, -0.2) is 51.2 Å². The lowest BCUT2D eigenvalue weighted by molar-refractivity contribution is -0.157. The standard InChI is InChI=1S/C23H20N4O2/c1-26-12-20(28)27-19(23(26)29)10-15-13-6-3-5-9-18(13)25-21(15)22(27)16-11-24-17-8-4-2-7-14(16)17/h2-9,11,19,22,24-25H,10,12H2,1H3/t19-,22-/m1/s1. The number of nitrogens with zero attached hydrogens (tertiary/aromatic N) is 2. The van der Waals surface area contributed by atoms with Crippen molar-refractivity contribution >= 4 is 33.6 Å². The van der Waals surface area contributed by atoms with E-state index in [9.17, 15) is 9.59 Å². The van der Waals surface area contributed by atoms with E-state index in [1.165, 1.54) is 0 Å². The van der Waals surface area contributed by atoms with Crippen molar-refractivity contribution in [3.8, 4) is 0 Å². The Morgan fingerprint density at radius 3 is 2.52 bits per heavy atom. The molecule has 0 radical (unpaired) electrons. The summed E-state index contributed by atoms with van der Waals surface area (Å²) in [6, 6.07) is 15.4. The Kier molecular flexibility index (Phi) is 3.25. The van der Waals surface area contributed by atoms with Crippen LogP contribution in [0.4, 0.5) is 0 Å². The van der Waals surface area contributed by atoms with Gasteiger partial charge in [-0.05, 0) is 17.7 Å². The number of H-pyrrole nitrogens is 2. The number of rotatable bonds is 1. The number of fused-ring (bicyclic) bond motifs is 5. The number of para-hydroxylation sites is 2. The van der Waals surface area contributed by atoms with Crippen LogP contribution in [0.15, 0.2) is 54.7 Å². The predicted octanol–water partition coefficient (Wildman–Crippen LogP) is 2.96. The van der Waals surface area contributed by atoms with Gasteiger partial charge in [-0.1, -0.05) is 36.4 Å². The first-order valence-corrected chi connectivity index (χ1v) is 9.85. The molecule has 1 fully saturated rings. The molecule has 6 rings (SSSR count). The number of nitrogens with one attached hydrogen (secondary N) is 2. The number of hydrogen-bond acceptors (Lipinski definition) is 2. The molecule has 0 bridgehead atoms. The molecule has 2 aliphatic heterocycles. The maximum absolute atomic E-state index is 13.2. The highest BCUT2D eigenvalue weighted by molar-refractivity contribution is 5.98. The molecule has 4 aromatic rings. The average molecular weight is 384 g/mol. The molecule has 6 heteroatoms. The molecule has 1 saturated heterocycles. The van der Waals surface area contributed by atoms with Crippen LogP contribution in [0.5, 0.6) is 0 Å². The van der Waals surface area contributed by atoms with E-state index in [0.717, 1.165) is 38.6 Å². The lowest BCUT2D eigenvalue weighted by Gasteiger charge is -2.46. The zero-order valence-electron chi connectivity index (χ0n) is 16.0. The van der Waals surface area contributed by atoms with Crippen LogP contribution >= 0.6 is 0 Å². The van der Waals surface area contributed by atoms with Crippen LogP contribution in [0.25, 0.3) is 21.8 Å². The molecule has 2 aromatic carbocycles. The van der Waals surface area contributed by atoms with Crippen LogP contribution in [0, 0.1) is 0 Å². The van der Waals surface area contributed by atoms with Crippen molar-refractivity contribution < 1.29 is 9.59 Å². The van der Waals surface area contributed by atoms with Gasteiger partial charge in [-0.25, -0.2) is 0 Å². The minimum Gasteiger partial charge on any atom is -0.361 e. The molecule has 2 amide bonds. The molecule has 29 heavy (non-hydrogen) atoms. The number of carbonyl (C=O) groups is 2. The quantitative estimate of drug-likeness (QED) is 0.530.